The number of nitrogens with zero attached hydrogens (tertiary/aromatic N) is 2. The minimum Gasteiger partial charge on any atom is -0.481 e. The normalized spacial score (nSPS) is 23.1. The fourth-order valence-electron chi connectivity index (χ4n) is 2.91. The monoisotopic (exact) mass is 295 g/mol. The van der Waals surface area contributed by atoms with E-state index in [0.29, 0.717) is 12.3 Å². The highest BCUT2D eigenvalue weighted by molar-refractivity contribution is 5.78. The number of carboxylic acids is 1. The van der Waals surface area contributed by atoms with Crippen LogP contribution < -0.4 is 5.32 Å². The van der Waals surface area contributed by atoms with E-state index in [0.717, 1.165) is 11.3 Å². The minimum absolute atomic E-state index is 0.0392. The lowest BCUT2D eigenvalue weighted by molar-refractivity contribution is -0.142. The number of likely N-dealkylation sites (tertiary alicyclic amines) is 1. The maximum absolute atomic E-state index is 12.3. The van der Waals surface area contributed by atoms with E-state index in [9.17, 15) is 9.59 Å². The van der Waals surface area contributed by atoms with Gasteiger partial charge in [-0.3, -0.25) is 4.79 Å². The Labute approximate surface area is 123 Å². The maximum Gasteiger partial charge on any atom is 0.317 e. The first-order valence-corrected chi connectivity index (χ1v) is 7.02. The van der Waals surface area contributed by atoms with Crippen molar-refractivity contribution in [2.24, 2.45) is 11.8 Å². The van der Waals surface area contributed by atoms with Crippen LogP contribution in [-0.4, -0.2) is 40.3 Å². The van der Waals surface area contributed by atoms with E-state index in [2.05, 4.69) is 10.5 Å². The van der Waals surface area contributed by atoms with Gasteiger partial charge in [-0.15, -0.1) is 0 Å². The third kappa shape index (κ3) is 3.01. The third-order valence-electron chi connectivity index (χ3n) is 4.08. The maximum atomic E-state index is 12.3. The summed E-state index contributed by atoms with van der Waals surface area (Å²) in [7, 11) is 0. The van der Waals surface area contributed by atoms with Crippen LogP contribution in [0.2, 0.25) is 0 Å². The Morgan fingerprint density at radius 1 is 1.43 bits per heavy atom. The van der Waals surface area contributed by atoms with Crippen LogP contribution in [0.25, 0.3) is 0 Å². The van der Waals surface area contributed by atoms with Gasteiger partial charge in [0.15, 0.2) is 0 Å². The van der Waals surface area contributed by atoms with Crippen molar-refractivity contribution in [1.82, 2.24) is 15.4 Å². The standard InChI is InChI=1S/C14H21N3O4/c1-7-5-17(6-11(7)13(18)19)14(20)15-8(2)12-9(3)16-21-10(12)4/h7-8,11H,5-6H2,1-4H3,(H,15,20)(H,18,19). The number of aliphatic carboxylic acids is 1. The molecular weight excluding hydrogens is 274 g/mol. The van der Waals surface area contributed by atoms with Gasteiger partial charge in [-0.1, -0.05) is 12.1 Å². The second-order valence-electron chi connectivity index (χ2n) is 5.74. The molecule has 116 valence electrons. The fourth-order valence-corrected chi connectivity index (χ4v) is 2.91. The van der Waals surface area contributed by atoms with Crippen molar-refractivity contribution in [3.63, 3.8) is 0 Å². The van der Waals surface area contributed by atoms with Crippen molar-refractivity contribution < 1.29 is 19.2 Å². The Hall–Kier alpha value is -2.05. The number of carboxylic acid groups (broad SMARTS) is 1. The predicted octanol–water partition coefficient (Wildman–Crippen LogP) is 1.71. The molecule has 2 N–H and O–H groups in total. The van der Waals surface area contributed by atoms with Crippen LogP contribution >= 0.6 is 0 Å². The largest absolute Gasteiger partial charge is 0.481 e. The molecule has 7 nitrogen and oxygen atoms in total. The highest BCUT2D eigenvalue weighted by Gasteiger charge is 2.37. The zero-order valence-electron chi connectivity index (χ0n) is 12.7. The van der Waals surface area contributed by atoms with Crippen LogP contribution in [0.5, 0.6) is 0 Å². The fraction of sp³-hybridized carbons (Fsp3) is 0.643. The van der Waals surface area contributed by atoms with Gasteiger partial charge in [0.1, 0.15) is 5.76 Å². The van der Waals surface area contributed by atoms with Crippen molar-refractivity contribution >= 4 is 12.0 Å². The molecule has 3 unspecified atom stereocenters. The molecule has 0 saturated carbocycles. The molecule has 1 aliphatic heterocycles. The van der Waals surface area contributed by atoms with Gasteiger partial charge >= 0.3 is 12.0 Å². The molecule has 2 heterocycles. The molecular formula is C14H21N3O4. The predicted molar refractivity (Wildman–Crippen MR) is 74.8 cm³/mol. The van der Waals surface area contributed by atoms with Crippen molar-refractivity contribution in [1.29, 1.82) is 0 Å². The van der Waals surface area contributed by atoms with Gasteiger partial charge in [-0.25, -0.2) is 4.79 Å². The van der Waals surface area contributed by atoms with E-state index in [1.54, 1.807) is 11.8 Å². The molecule has 1 aliphatic rings. The van der Waals surface area contributed by atoms with Crippen molar-refractivity contribution in [2.45, 2.75) is 33.7 Å². The summed E-state index contributed by atoms with van der Waals surface area (Å²) in [4.78, 5) is 24.9. The van der Waals surface area contributed by atoms with Gasteiger partial charge in [-0.05, 0) is 26.7 Å². The molecule has 3 atom stereocenters. The summed E-state index contributed by atoms with van der Waals surface area (Å²) < 4.78 is 5.10. The summed E-state index contributed by atoms with van der Waals surface area (Å²) in [6.07, 6.45) is 0. The van der Waals surface area contributed by atoms with Crippen molar-refractivity contribution in [3.8, 4) is 0 Å². The van der Waals surface area contributed by atoms with Gasteiger partial charge in [0.25, 0.3) is 0 Å². The summed E-state index contributed by atoms with van der Waals surface area (Å²) >= 11 is 0. The lowest BCUT2D eigenvalue weighted by Gasteiger charge is -2.20. The Bertz CT molecular complexity index is 535. The van der Waals surface area contributed by atoms with Crippen LogP contribution in [0.15, 0.2) is 4.52 Å². The molecule has 0 bridgehead atoms. The Morgan fingerprint density at radius 2 is 2.10 bits per heavy atom. The summed E-state index contributed by atoms with van der Waals surface area (Å²) in [5.74, 6) is -0.706. The van der Waals surface area contributed by atoms with Crippen LogP contribution in [0, 0.1) is 25.7 Å². The first-order valence-electron chi connectivity index (χ1n) is 7.02. The molecule has 1 saturated heterocycles. The minimum atomic E-state index is -0.850. The summed E-state index contributed by atoms with van der Waals surface area (Å²) in [6.45, 7) is 8.04. The number of aromatic nitrogens is 1. The molecule has 0 aromatic carbocycles. The number of carbonyl (C=O) groups is 2. The average molecular weight is 295 g/mol. The number of aryl methyl sites for hydroxylation is 2. The van der Waals surface area contributed by atoms with Crippen LogP contribution in [0.1, 0.15) is 36.9 Å². The first-order chi connectivity index (χ1) is 9.81. The number of carbonyl (C=O) groups excluding carboxylic acids is 1. The van der Waals surface area contributed by atoms with Gasteiger partial charge in [-0.2, -0.15) is 0 Å². The molecule has 2 amide bonds. The number of hydrogen-bond donors (Lipinski definition) is 2. The average Bonchev–Trinajstić information content (AvgIpc) is 2.93. The van der Waals surface area contributed by atoms with Gasteiger partial charge in [0.2, 0.25) is 0 Å². The Balaban J connectivity index is 2.01. The first kappa shape index (κ1) is 15.3. The van der Waals surface area contributed by atoms with E-state index >= 15 is 0 Å². The molecule has 1 aromatic heterocycles. The highest BCUT2D eigenvalue weighted by Crippen LogP contribution is 2.25. The lowest BCUT2D eigenvalue weighted by Crippen LogP contribution is -2.40. The number of nitrogens with one attached hydrogen (secondary N) is 1. The Morgan fingerprint density at radius 3 is 2.57 bits per heavy atom. The number of hydrogen-bond acceptors (Lipinski definition) is 4. The van der Waals surface area contributed by atoms with E-state index in [1.165, 1.54) is 0 Å². The smallest absolute Gasteiger partial charge is 0.317 e. The SMILES string of the molecule is Cc1noc(C)c1C(C)NC(=O)N1CC(C)C(C(=O)O)C1. The molecule has 1 aromatic rings. The number of amides is 2. The molecule has 1 fully saturated rings. The number of rotatable bonds is 3. The quantitative estimate of drug-likeness (QED) is 0.885. The lowest BCUT2D eigenvalue weighted by atomic mass is 9.99. The second kappa shape index (κ2) is 5.75. The molecule has 21 heavy (non-hydrogen) atoms. The van der Waals surface area contributed by atoms with E-state index < -0.39 is 11.9 Å². The molecule has 0 radical (unpaired) electrons. The van der Waals surface area contributed by atoms with Gasteiger partial charge in [0.05, 0.1) is 17.7 Å². The van der Waals surface area contributed by atoms with E-state index in [1.807, 2.05) is 20.8 Å². The third-order valence-corrected chi connectivity index (χ3v) is 4.08. The van der Waals surface area contributed by atoms with Crippen LogP contribution in [0.4, 0.5) is 4.79 Å². The highest BCUT2D eigenvalue weighted by atomic mass is 16.5. The number of urea groups is 1. The molecule has 7 heteroatoms. The van der Waals surface area contributed by atoms with E-state index in [4.69, 9.17) is 9.63 Å². The summed E-state index contributed by atoms with van der Waals surface area (Å²) in [5, 5.41) is 15.9. The van der Waals surface area contributed by atoms with Gasteiger partial charge in [0, 0.05) is 18.7 Å². The topological polar surface area (TPSA) is 95.7 Å². The summed E-state index contributed by atoms with van der Waals surface area (Å²) in [5.41, 5.74) is 1.61. The second-order valence-corrected chi connectivity index (χ2v) is 5.74. The van der Waals surface area contributed by atoms with Crippen LogP contribution in [-0.2, 0) is 4.79 Å². The van der Waals surface area contributed by atoms with Crippen molar-refractivity contribution in [2.75, 3.05) is 13.1 Å². The van der Waals surface area contributed by atoms with Crippen molar-refractivity contribution in [3.05, 3.63) is 17.0 Å². The van der Waals surface area contributed by atoms with Crippen LogP contribution in [0.3, 0.4) is 0 Å². The molecule has 0 spiro atoms. The molecule has 0 aliphatic carbocycles. The summed E-state index contributed by atoms with van der Waals surface area (Å²) in [6, 6.07) is -0.485. The van der Waals surface area contributed by atoms with E-state index in [-0.39, 0.29) is 24.5 Å². The molecule has 2 rings (SSSR count). The zero-order chi connectivity index (χ0) is 15.7. The zero-order valence-corrected chi connectivity index (χ0v) is 12.7. The Kier molecular flexibility index (Phi) is 4.20. The van der Waals surface area contributed by atoms with Gasteiger partial charge < -0.3 is 19.8 Å².